The van der Waals surface area contributed by atoms with Gasteiger partial charge < -0.3 is 10.3 Å². The summed E-state index contributed by atoms with van der Waals surface area (Å²) in [4.78, 5) is 0. The summed E-state index contributed by atoms with van der Waals surface area (Å²) in [5.74, 6) is -0.762. The molecule has 5 aromatic rings. The van der Waals surface area contributed by atoms with Crippen molar-refractivity contribution in [3.05, 3.63) is 83.2 Å². The molecule has 0 spiro atoms. The number of hydrogen-bond acceptors (Lipinski definition) is 7. The standard InChI is InChI=1S/C22H17ClF3N9O2/c23-15-2-4-19(33-12-27-30-31-33)20(21(15)24)13-1-3-18(34(37)11-13)17(6-8-36)32-10-14(9-29-32)16-5-7-28-35(16)22(25)26/h1-5,7,9-12,17,22,36H,6,8H2/t17-/m0/s1. The highest BCUT2D eigenvalue weighted by atomic mass is 35.5. The van der Waals surface area contributed by atoms with E-state index >= 15 is 4.39 Å². The maximum absolute atomic E-state index is 15.1. The highest BCUT2D eigenvalue weighted by molar-refractivity contribution is 6.31. The van der Waals surface area contributed by atoms with Gasteiger partial charge in [-0.15, -0.1) is 5.10 Å². The quantitative estimate of drug-likeness (QED) is 0.241. The monoisotopic (exact) mass is 531 g/mol. The average Bonchev–Trinajstić information content (AvgIpc) is 3.66. The van der Waals surface area contributed by atoms with Crippen LogP contribution in [0.1, 0.15) is 24.7 Å². The van der Waals surface area contributed by atoms with Crippen LogP contribution in [0.5, 0.6) is 0 Å². The number of aliphatic hydroxyl groups excluding tert-OH is 1. The fraction of sp³-hybridized carbons (Fsp3) is 0.182. The van der Waals surface area contributed by atoms with E-state index in [1.807, 2.05) is 0 Å². The second-order valence-electron chi connectivity index (χ2n) is 7.85. The summed E-state index contributed by atoms with van der Waals surface area (Å²) in [6.07, 6.45) is 6.63. The van der Waals surface area contributed by atoms with Crippen LogP contribution in [0.25, 0.3) is 28.1 Å². The molecule has 190 valence electrons. The van der Waals surface area contributed by atoms with Gasteiger partial charge in [0.25, 0.3) is 0 Å². The molecule has 0 bridgehead atoms. The highest BCUT2D eigenvalue weighted by Crippen LogP contribution is 2.33. The van der Waals surface area contributed by atoms with E-state index in [1.165, 1.54) is 70.8 Å². The molecule has 5 rings (SSSR count). The van der Waals surface area contributed by atoms with Crippen molar-refractivity contribution in [2.45, 2.75) is 19.0 Å². The molecule has 1 N–H and O–H groups in total. The van der Waals surface area contributed by atoms with Crippen LogP contribution >= 0.6 is 11.6 Å². The fourth-order valence-corrected chi connectivity index (χ4v) is 4.21. The number of aliphatic hydroxyl groups is 1. The Hall–Kier alpha value is -4.30. The summed E-state index contributed by atoms with van der Waals surface area (Å²) in [5, 5.41) is 41.4. The van der Waals surface area contributed by atoms with Crippen LogP contribution in [0.15, 0.2) is 61.4 Å². The second-order valence-corrected chi connectivity index (χ2v) is 8.26. The van der Waals surface area contributed by atoms with E-state index in [9.17, 15) is 19.1 Å². The molecule has 4 heterocycles. The predicted molar refractivity (Wildman–Crippen MR) is 123 cm³/mol. The third kappa shape index (κ3) is 4.51. The largest absolute Gasteiger partial charge is 0.618 e. The normalized spacial score (nSPS) is 12.4. The molecule has 1 aromatic carbocycles. The van der Waals surface area contributed by atoms with Crippen LogP contribution in [-0.2, 0) is 0 Å². The number of benzene rings is 1. The zero-order valence-electron chi connectivity index (χ0n) is 18.7. The van der Waals surface area contributed by atoms with Gasteiger partial charge in [-0.3, -0.25) is 4.68 Å². The predicted octanol–water partition coefficient (Wildman–Crippen LogP) is 3.18. The van der Waals surface area contributed by atoms with Crippen molar-refractivity contribution in [2.24, 2.45) is 0 Å². The lowest BCUT2D eigenvalue weighted by Crippen LogP contribution is -2.35. The molecule has 0 aliphatic heterocycles. The molecular formula is C22H17ClF3N9O2. The minimum absolute atomic E-state index is 0.0105. The van der Waals surface area contributed by atoms with Gasteiger partial charge in [-0.1, -0.05) is 11.6 Å². The van der Waals surface area contributed by atoms with Crippen molar-refractivity contribution in [2.75, 3.05) is 6.61 Å². The Morgan fingerprint density at radius 3 is 2.65 bits per heavy atom. The summed E-state index contributed by atoms with van der Waals surface area (Å²) in [7, 11) is 0. The molecule has 0 saturated heterocycles. The highest BCUT2D eigenvalue weighted by Gasteiger charge is 2.26. The van der Waals surface area contributed by atoms with Crippen LogP contribution in [-0.4, -0.2) is 51.5 Å². The maximum atomic E-state index is 15.1. The van der Waals surface area contributed by atoms with E-state index in [2.05, 4.69) is 25.7 Å². The van der Waals surface area contributed by atoms with Crippen molar-refractivity contribution in [1.82, 2.24) is 39.8 Å². The lowest BCUT2D eigenvalue weighted by molar-refractivity contribution is -0.615. The first-order valence-corrected chi connectivity index (χ1v) is 11.2. The first kappa shape index (κ1) is 24.4. The van der Waals surface area contributed by atoms with Gasteiger partial charge in [0.2, 0.25) is 5.69 Å². The van der Waals surface area contributed by atoms with Gasteiger partial charge >= 0.3 is 6.55 Å². The first-order chi connectivity index (χ1) is 17.9. The number of tetrazole rings is 1. The molecule has 0 aliphatic carbocycles. The third-order valence-corrected chi connectivity index (χ3v) is 6.01. The van der Waals surface area contributed by atoms with E-state index in [4.69, 9.17) is 11.6 Å². The third-order valence-electron chi connectivity index (χ3n) is 5.72. The van der Waals surface area contributed by atoms with E-state index in [0.717, 1.165) is 0 Å². The lowest BCUT2D eigenvalue weighted by atomic mass is 10.0. The van der Waals surface area contributed by atoms with Crippen molar-refractivity contribution >= 4 is 11.6 Å². The molecule has 0 amide bonds. The van der Waals surface area contributed by atoms with Crippen molar-refractivity contribution in [3.63, 3.8) is 0 Å². The van der Waals surface area contributed by atoms with Gasteiger partial charge in [0.05, 0.1) is 33.7 Å². The van der Waals surface area contributed by atoms with Gasteiger partial charge in [-0.25, -0.2) is 9.07 Å². The minimum Gasteiger partial charge on any atom is -0.618 e. The number of alkyl halides is 2. The SMILES string of the molecule is [O-][n+]1cc(-c2c(-n3cnnn3)ccc(Cl)c2F)ccc1[C@H](CCO)n1cc(-c2ccnn2C(F)F)cn1. The Bertz CT molecular complexity index is 1540. The Morgan fingerprint density at radius 2 is 1.95 bits per heavy atom. The zero-order valence-corrected chi connectivity index (χ0v) is 19.5. The number of hydrogen-bond donors (Lipinski definition) is 1. The number of nitrogens with zero attached hydrogens (tertiary/aromatic N) is 9. The summed E-state index contributed by atoms with van der Waals surface area (Å²) in [6, 6.07) is 6.52. The Morgan fingerprint density at radius 1 is 1.11 bits per heavy atom. The molecule has 0 saturated carbocycles. The van der Waals surface area contributed by atoms with E-state index in [0.29, 0.717) is 15.0 Å². The topological polar surface area (TPSA) is 126 Å². The summed E-state index contributed by atoms with van der Waals surface area (Å²) >= 11 is 6.00. The van der Waals surface area contributed by atoms with Crippen molar-refractivity contribution in [1.29, 1.82) is 0 Å². The number of halogens is 4. The fourth-order valence-electron chi connectivity index (χ4n) is 4.05. The summed E-state index contributed by atoms with van der Waals surface area (Å²) in [6.45, 7) is -3.13. The minimum atomic E-state index is -2.84. The van der Waals surface area contributed by atoms with Gasteiger partial charge in [-0.2, -0.15) is 28.4 Å². The van der Waals surface area contributed by atoms with Crippen LogP contribution in [0.4, 0.5) is 13.2 Å². The Balaban J connectivity index is 1.54. The Labute approximate surface area is 211 Å². The smallest absolute Gasteiger partial charge is 0.333 e. The first-order valence-electron chi connectivity index (χ1n) is 10.8. The van der Waals surface area contributed by atoms with Crippen LogP contribution in [0, 0.1) is 11.0 Å². The molecule has 1 atom stereocenters. The maximum Gasteiger partial charge on any atom is 0.333 e. The zero-order chi connectivity index (χ0) is 26.1. The molecule has 11 nitrogen and oxygen atoms in total. The van der Waals surface area contributed by atoms with Gasteiger partial charge in [0, 0.05) is 37.1 Å². The molecule has 0 unspecified atom stereocenters. The lowest BCUT2D eigenvalue weighted by Gasteiger charge is -2.17. The van der Waals surface area contributed by atoms with Crippen molar-refractivity contribution < 1.29 is 23.0 Å². The number of aromatic nitrogens is 9. The van der Waals surface area contributed by atoms with Gasteiger partial charge in [0.15, 0.2) is 12.0 Å². The molecule has 0 fully saturated rings. The molecular weight excluding hydrogens is 515 g/mol. The van der Waals surface area contributed by atoms with Crippen LogP contribution < -0.4 is 4.73 Å². The van der Waals surface area contributed by atoms with E-state index in [-0.39, 0.29) is 46.3 Å². The van der Waals surface area contributed by atoms with Crippen molar-refractivity contribution in [3.8, 4) is 28.1 Å². The van der Waals surface area contributed by atoms with E-state index < -0.39 is 18.4 Å². The van der Waals surface area contributed by atoms with Crippen LogP contribution in [0.3, 0.4) is 0 Å². The second kappa shape index (κ2) is 9.99. The number of rotatable bonds is 8. The number of pyridine rings is 1. The van der Waals surface area contributed by atoms with E-state index in [1.54, 1.807) is 0 Å². The van der Waals surface area contributed by atoms with Gasteiger partial charge in [-0.05, 0) is 34.7 Å². The molecule has 0 radical (unpaired) electrons. The summed E-state index contributed by atoms with van der Waals surface area (Å²) < 4.78 is 45.3. The molecule has 37 heavy (non-hydrogen) atoms. The summed E-state index contributed by atoms with van der Waals surface area (Å²) in [5.41, 5.74) is 1.15. The molecule has 4 aromatic heterocycles. The molecule has 15 heteroatoms. The van der Waals surface area contributed by atoms with Crippen LogP contribution in [0.2, 0.25) is 5.02 Å². The van der Waals surface area contributed by atoms with Gasteiger partial charge in [0.1, 0.15) is 12.4 Å². The molecule has 0 aliphatic rings. The Kier molecular flexibility index (Phi) is 6.58. The average molecular weight is 532 g/mol.